The lowest BCUT2D eigenvalue weighted by Crippen LogP contribution is -2.51. The lowest BCUT2D eigenvalue weighted by atomic mass is 9.79. The number of carbonyl (C=O) groups excluding carboxylic acids is 3. The highest BCUT2D eigenvalue weighted by Gasteiger charge is 2.51. The fourth-order valence-corrected chi connectivity index (χ4v) is 16.0. The molecule has 0 radical (unpaired) electrons. The van der Waals surface area contributed by atoms with Gasteiger partial charge in [-0.2, -0.15) is 9.97 Å². The summed E-state index contributed by atoms with van der Waals surface area (Å²) in [6.07, 6.45) is 6.87. The average Bonchev–Trinajstić information content (AvgIpc) is 1.94. The molecule has 4 aromatic heterocycles. The van der Waals surface area contributed by atoms with Crippen molar-refractivity contribution in [2.24, 2.45) is 5.92 Å². The molecule has 0 spiro atoms. The number of pyridine rings is 1. The SMILES string of the molecule is Cc1ncsc1-c1ccc([C@H](C)NC(=O)[C@@H]2C[C@@H](O)CN2C(=O)[C@@H](c2cc(N3CCN(C(=O)OC[C@@H]4CC[C@@]5(COc6nc(N7CC8CCC(C7)N8)c7cnc8c(c7n6)C(C)c6cccc7cc(O)cc-8c67)CCCN45)CC3)no2)C(C)C)cc1. The number of β-amino-alcohol motifs (C(OH)–C–C–N with tert-alkyl or cyclic N) is 1. The van der Waals surface area contributed by atoms with Crippen LogP contribution in [0.5, 0.6) is 11.8 Å². The molecule has 6 aliphatic heterocycles. The molecule has 0 saturated carbocycles. The number of phenols is 1. The van der Waals surface area contributed by atoms with E-state index < -0.39 is 18.1 Å². The number of carbonyl (C=O) groups is 3. The second-order valence-electron chi connectivity index (χ2n) is 25.2. The number of aryl methyl sites for hydroxylation is 1. The number of fused-ring (bicyclic) bond motifs is 7. The van der Waals surface area contributed by atoms with E-state index in [1.54, 1.807) is 22.3 Å². The number of rotatable bonds is 14. The minimum Gasteiger partial charge on any atom is -0.508 e. The molecule has 6 saturated heterocycles. The Morgan fingerprint density at radius 1 is 0.929 bits per heavy atom. The van der Waals surface area contributed by atoms with Gasteiger partial charge in [-0.05, 0) is 104 Å². The highest BCUT2D eigenvalue weighted by molar-refractivity contribution is 7.13. The average molecular weight is 1170 g/mol. The van der Waals surface area contributed by atoms with Crippen molar-refractivity contribution in [2.75, 3.05) is 75.4 Å². The van der Waals surface area contributed by atoms with Crippen LogP contribution in [0.4, 0.5) is 16.4 Å². The summed E-state index contributed by atoms with van der Waals surface area (Å²) in [5.41, 5.74) is 9.29. The molecular weight excluding hydrogens is 1100 g/mol. The normalized spacial score (nSPS) is 25.2. The summed E-state index contributed by atoms with van der Waals surface area (Å²) in [5, 5.41) is 36.0. The lowest BCUT2D eigenvalue weighted by Gasteiger charge is -2.36. The van der Waals surface area contributed by atoms with E-state index in [0.29, 0.717) is 62.5 Å². The van der Waals surface area contributed by atoms with E-state index in [4.69, 9.17) is 28.9 Å². The minimum absolute atomic E-state index is 0.0165. The summed E-state index contributed by atoms with van der Waals surface area (Å²) in [6, 6.07) is 19.8. The van der Waals surface area contributed by atoms with Crippen molar-refractivity contribution in [2.45, 2.75) is 133 Å². The van der Waals surface area contributed by atoms with Gasteiger partial charge in [0, 0.05) is 99.7 Å². The van der Waals surface area contributed by atoms with Crippen LogP contribution < -0.4 is 25.2 Å². The van der Waals surface area contributed by atoms with E-state index in [0.717, 1.165) is 124 Å². The van der Waals surface area contributed by atoms with Gasteiger partial charge in [-0.1, -0.05) is 68.4 Å². The first-order valence-electron chi connectivity index (χ1n) is 30.5. The van der Waals surface area contributed by atoms with Crippen molar-refractivity contribution < 1.29 is 38.6 Å². The fourth-order valence-electron chi connectivity index (χ4n) is 15.2. The quantitative estimate of drug-likeness (QED) is 0.0803. The van der Waals surface area contributed by atoms with Crippen molar-refractivity contribution in [3.8, 4) is 33.5 Å². The molecule has 7 aliphatic rings. The molecule has 4 N–H and O–H groups in total. The number of piperazine rings is 2. The number of likely N-dealkylation sites (tertiary alicyclic amines) is 1. The molecule has 21 heteroatoms. The van der Waals surface area contributed by atoms with Gasteiger partial charge >= 0.3 is 12.1 Å². The summed E-state index contributed by atoms with van der Waals surface area (Å²) < 4.78 is 18.9. The number of phenolic OH excluding ortho intramolecular Hbond substituents is 1. The molecule has 3 amide bonds. The molecule has 7 aromatic rings. The predicted octanol–water partition coefficient (Wildman–Crippen LogP) is 8.29. The molecule has 3 aromatic carbocycles. The van der Waals surface area contributed by atoms with Crippen LogP contribution in [0.15, 0.2) is 76.9 Å². The Bertz CT molecular complexity index is 3710. The van der Waals surface area contributed by atoms with Crippen LogP contribution in [0.3, 0.4) is 0 Å². The molecule has 1 aliphatic carbocycles. The maximum Gasteiger partial charge on any atom is 0.409 e. The summed E-state index contributed by atoms with van der Waals surface area (Å²) in [4.78, 5) is 73.5. The van der Waals surface area contributed by atoms with Gasteiger partial charge in [0.15, 0.2) is 11.6 Å². The Morgan fingerprint density at radius 2 is 1.73 bits per heavy atom. The Labute approximate surface area is 497 Å². The molecule has 85 heavy (non-hydrogen) atoms. The Morgan fingerprint density at radius 3 is 2.49 bits per heavy atom. The van der Waals surface area contributed by atoms with Crippen molar-refractivity contribution >= 4 is 62.6 Å². The number of aromatic hydroxyl groups is 1. The summed E-state index contributed by atoms with van der Waals surface area (Å²) in [6.45, 7) is 15.1. The van der Waals surface area contributed by atoms with Crippen LogP contribution in [0.2, 0.25) is 0 Å². The minimum atomic E-state index is -0.854. The second kappa shape index (κ2) is 22.1. The molecule has 10 heterocycles. The Balaban J connectivity index is 0.605. The third kappa shape index (κ3) is 10.1. The molecule has 6 fully saturated rings. The monoisotopic (exact) mass is 1170 g/mol. The molecule has 14 rings (SSSR count). The second-order valence-corrected chi connectivity index (χ2v) is 26.0. The Kier molecular flexibility index (Phi) is 14.4. The third-order valence-electron chi connectivity index (χ3n) is 19.6. The zero-order valence-electron chi connectivity index (χ0n) is 48.9. The zero-order valence-corrected chi connectivity index (χ0v) is 49.7. The zero-order chi connectivity index (χ0) is 58.4. The van der Waals surface area contributed by atoms with Crippen LogP contribution in [0.1, 0.15) is 119 Å². The number of ether oxygens (including phenoxy) is 2. The number of amides is 3. The number of nitrogens with one attached hydrogen (secondary N) is 2. The number of hydrogen-bond donors (Lipinski definition) is 4. The first-order chi connectivity index (χ1) is 41.2. The maximum atomic E-state index is 14.5. The largest absolute Gasteiger partial charge is 0.508 e. The van der Waals surface area contributed by atoms with Gasteiger partial charge in [-0.25, -0.2) is 9.78 Å². The number of benzene rings is 3. The first-order valence-corrected chi connectivity index (χ1v) is 31.3. The number of thiazole rings is 1. The van der Waals surface area contributed by atoms with E-state index in [9.17, 15) is 24.6 Å². The molecular formula is C64H74N12O8S. The number of hydrogen-bond acceptors (Lipinski definition) is 18. The number of anilines is 2. The van der Waals surface area contributed by atoms with Crippen molar-refractivity contribution in [3.05, 3.63) is 101 Å². The molecule has 20 nitrogen and oxygen atoms in total. The van der Waals surface area contributed by atoms with Gasteiger partial charge in [0.2, 0.25) is 11.8 Å². The molecule has 2 bridgehead atoms. The van der Waals surface area contributed by atoms with E-state index in [-0.39, 0.29) is 72.7 Å². The smallest absolute Gasteiger partial charge is 0.409 e. The summed E-state index contributed by atoms with van der Waals surface area (Å²) in [5.74, 6) is 0.415. The van der Waals surface area contributed by atoms with Crippen molar-refractivity contribution in [1.82, 2.24) is 50.4 Å². The molecule has 444 valence electrons. The highest BCUT2D eigenvalue weighted by atomic mass is 32.1. The maximum absolute atomic E-state index is 14.5. The summed E-state index contributed by atoms with van der Waals surface area (Å²) >= 11 is 1.59. The number of aliphatic hydroxyl groups excluding tert-OH is 1. The molecule has 3 unspecified atom stereocenters. The predicted molar refractivity (Wildman–Crippen MR) is 323 cm³/mol. The topological polar surface area (TPSA) is 228 Å². The van der Waals surface area contributed by atoms with Gasteiger partial charge in [0.1, 0.15) is 36.7 Å². The van der Waals surface area contributed by atoms with Gasteiger partial charge in [0.05, 0.1) is 50.4 Å². The van der Waals surface area contributed by atoms with Crippen LogP contribution >= 0.6 is 11.3 Å². The highest BCUT2D eigenvalue weighted by Crippen LogP contribution is 2.49. The van der Waals surface area contributed by atoms with E-state index in [2.05, 4.69) is 49.6 Å². The fraction of sp³-hybridized carbons (Fsp3) is 0.500. The lowest BCUT2D eigenvalue weighted by molar-refractivity contribution is -0.141. The standard InChI is InChI=1S/C64H74N12O8S/c1-35(2)53(61(80)75-31-46(78)26-50(75)60(79)67-37(4)39-10-12-40(13-11-39)58-38(5)66-34-85-58)51-27-52(71-84-51)72-20-22-73(23-21-72)63(81)82-32-44-16-18-64(17-7-19-76(44)64)33-83-62-69-57-49(59(70-62)74-29-42-14-15-43(30-74)68-42)28-65-56-48-25-45(77)24-41-8-6-9-47(55(41)48)36(3)54(56)57/h6,8-13,24-25,27-28,34-37,42-44,46,50,53,68,77-78H,7,14-23,26,29-33H2,1-5H3,(H,67,79)/t36?,37-,42?,43?,44-,46+,50-,53+,64+/m0/s1. The van der Waals surface area contributed by atoms with Gasteiger partial charge in [0.25, 0.3) is 0 Å². The number of aliphatic hydroxyl groups is 1. The van der Waals surface area contributed by atoms with E-state index in [1.165, 1.54) is 10.5 Å². The van der Waals surface area contributed by atoms with Crippen LogP contribution in [0.25, 0.3) is 43.4 Å². The third-order valence-corrected chi connectivity index (χ3v) is 20.5. The van der Waals surface area contributed by atoms with Crippen molar-refractivity contribution in [1.29, 1.82) is 0 Å². The van der Waals surface area contributed by atoms with Crippen LogP contribution in [-0.4, -0.2) is 169 Å². The van der Waals surface area contributed by atoms with Crippen LogP contribution in [0, 0.1) is 12.8 Å². The first kappa shape index (κ1) is 55.4. The Hall–Kier alpha value is -7.46. The number of nitrogens with zero attached hydrogens (tertiary/aromatic N) is 10. The van der Waals surface area contributed by atoms with Gasteiger partial charge in [-0.3, -0.25) is 19.5 Å². The van der Waals surface area contributed by atoms with Crippen molar-refractivity contribution in [3.63, 3.8) is 0 Å². The van der Waals surface area contributed by atoms with E-state index >= 15 is 0 Å². The summed E-state index contributed by atoms with van der Waals surface area (Å²) in [7, 11) is 0. The van der Waals surface area contributed by atoms with Crippen LogP contribution in [-0.2, 0) is 14.3 Å². The van der Waals surface area contributed by atoms with E-state index in [1.807, 2.05) is 86.8 Å². The van der Waals surface area contributed by atoms with Gasteiger partial charge < -0.3 is 54.4 Å². The molecule has 9 atom stereocenters. The number of aromatic nitrogens is 5. The van der Waals surface area contributed by atoms with Gasteiger partial charge in [-0.15, -0.1) is 11.3 Å².